The van der Waals surface area contributed by atoms with Crippen molar-refractivity contribution >= 4 is 24.2 Å². The molecule has 2 aromatic carbocycles. The maximum absolute atomic E-state index is 10.1. The van der Waals surface area contributed by atoms with E-state index in [0.29, 0.717) is 6.04 Å². The molecule has 0 unspecified atom stereocenters. The molecule has 1 atom stereocenters. The first-order chi connectivity index (χ1) is 16.0. The minimum absolute atomic E-state index is 0. The summed E-state index contributed by atoms with van der Waals surface area (Å²) in [4.78, 5) is 2.63. The van der Waals surface area contributed by atoms with Crippen LogP contribution in [0.15, 0.2) is 30.3 Å². The zero-order valence-electron chi connectivity index (χ0n) is 20.2. The number of halogens is 1. The average Bonchev–Trinajstić information content (AvgIpc) is 2.81. The number of hydrogen-bond donors (Lipinski definition) is 4. The fraction of sp³-hybridized carbons (Fsp3) is 0.556. The molecule has 0 spiro atoms. The van der Waals surface area contributed by atoms with Gasteiger partial charge in [0, 0.05) is 11.6 Å². The molecule has 1 aliphatic rings. The molecule has 1 aliphatic carbocycles. The van der Waals surface area contributed by atoms with Gasteiger partial charge in [-0.2, -0.15) is 11.8 Å². The second-order valence-corrected chi connectivity index (χ2v) is 10.3. The number of hydrogen-bond acceptors (Lipinski definition) is 6. The highest BCUT2D eigenvalue weighted by molar-refractivity contribution is 7.99. The SMILES string of the molecule is CCCN(CCCCCCSCCc1ccc(O)c(O)c1)[C@H]1CCc2c(ccc(O)c2O)C1.Cl. The molecule has 190 valence electrons. The molecule has 0 heterocycles. The van der Waals surface area contributed by atoms with E-state index >= 15 is 0 Å². The van der Waals surface area contributed by atoms with Crippen LogP contribution in [-0.4, -0.2) is 56.0 Å². The summed E-state index contributed by atoms with van der Waals surface area (Å²) in [7, 11) is 0. The summed E-state index contributed by atoms with van der Waals surface area (Å²) >= 11 is 1.96. The van der Waals surface area contributed by atoms with E-state index in [1.165, 1.54) is 37.0 Å². The minimum Gasteiger partial charge on any atom is -0.504 e. The van der Waals surface area contributed by atoms with Crippen molar-refractivity contribution < 1.29 is 20.4 Å². The molecule has 2 aromatic rings. The minimum atomic E-state index is -0.0585. The Bertz CT molecular complexity index is 895. The fourth-order valence-corrected chi connectivity index (χ4v) is 5.76. The molecular formula is C27H40ClNO4S. The summed E-state index contributed by atoms with van der Waals surface area (Å²) in [5, 5.41) is 38.8. The molecule has 0 saturated carbocycles. The summed E-state index contributed by atoms with van der Waals surface area (Å²) in [6.07, 6.45) is 9.87. The van der Waals surface area contributed by atoms with Gasteiger partial charge in [0.1, 0.15) is 0 Å². The van der Waals surface area contributed by atoms with Crippen LogP contribution < -0.4 is 0 Å². The summed E-state index contributed by atoms with van der Waals surface area (Å²) in [5.41, 5.74) is 3.18. The van der Waals surface area contributed by atoms with Crippen molar-refractivity contribution in [3.05, 3.63) is 47.0 Å². The van der Waals surface area contributed by atoms with Crippen LogP contribution in [0.3, 0.4) is 0 Å². The predicted octanol–water partition coefficient (Wildman–Crippen LogP) is 6.04. The van der Waals surface area contributed by atoms with Crippen molar-refractivity contribution in [2.75, 3.05) is 24.6 Å². The molecular weight excluding hydrogens is 470 g/mol. The van der Waals surface area contributed by atoms with Crippen LogP contribution in [0.1, 0.15) is 62.1 Å². The zero-order chi connectivity index (χ0) is 23.6. The first-order valence-electron chi connectivity index (χ1n) is 12.3. The second-order valence-electron chi connectivity index (χ2n) is 9.10. The number of thioether (sulfide) groups is 1. The summed E-state index contributed by atoms with van der Waals surface area (Å²) < 4.78 is 0. The van der Waals surface area contributed by atoms with E-state index in [-0.39, 0.29) is 35.4 Å². The molecule has 0 saturated heterocycles. The van der Waals surface area contributed by atoms with Crippen LogP contribution in [-0.2, 0) is 19.3 Å². The largest absolute Gasteiger partial charge is 0.504 e. The van der Waals surface area contributed by atoms with Crippen molar-refractivity contribution in [1.29, 1.82) is 0 Å². The number of benzene rings is 2. The van der Waals surface area contributed by atoms with Gasteiger partial charge >= 0.3 is 0 Å². The third kappa shape index (κ3) is 8.17. The molecule has 0 fully saturated rings. The Balaban J connectivity index is 0.00000408. The van der Waals surface area contributed by atoms with Crippen molar-refractivity contribution in [1.82, 2.24) is 4.90 Å². The highest BCUT2D eigenvalue weighted by Gasteiger charge is 2.26. The van der Waals surface area contributed by atoms with Gasteiger partial charge < -0.3 is 25.3 Å². The Labute approximate surface area is 214 Å². The highest BCUT2D eigenvalue weighted by atomic mass is 35.5. The fourth-order valence-electron chi connectivity index (χ4n) is 4.77. The quantitative estimate of drug-likeness (QED) is 0.195. The smallest absolute Gasteiger partial charge is 0.160 e. The Morgan fingerprint density at radius 3 is 2.41 bits per heavy atom. The van der Waals surface area contributed by atoms with Gasteiger partial charge in [0.2, 0.25) is 0 Å². The van der Waals surface area contributed by atoms with Crippen LogP contribution in [0.25, 0.3) is 0 Å². The molecule has 4 N–H and O–H groups in total. The first kappa shape index (κ1) is 28.5. The molecule has 0 aliphatic heterocycles. The normalized spacial score (nSPS) is 15.2. The van der Waals surface area contributed by atoms with Crippen LogP contribution >= 0.6 is 24.2 Å². The molecule has 0 aromatic heterocycles. The lowest BCUT2D eigenvalue weighted by atomic mass is 9.86. The van der Waals surface area contributed by atoms with Crippen LogP contribution in [0.5, 0.6) is 23.0 Å². The van der Waals surface area contributed by atoms with E-state index < -0.39 is 0 Å². The summed E-state index contributed by atoms with van der Waals surface area (Å²) in [6.45, 7) is 4.49. The molecule has 5 nitrogen and oxygen atoms in total. The Morgan fingerprint density at radius 1 is 0.882 bits per heavy atom. The van der Waals surface area contributed by atoms with Gasteiger partial charge in [-0.3, -0.25) is 0 Å². The highest BCUT2D eigenvalue weighted by Crippen LogP contribution is 2.36. The summed E-state index contributed by atoms with van der Waals surface area (Å²) in [5.74, 6) is 2.17. The van der Waals surface area contributed by atoms with E-state index in [1.807, 2.05) is 23.9 Å². The molecule has 34 heavy (non-hydrogen) atoms. The predicted molar refractivity (Wildman–Crippen MR) is 144 cm³/mol. The van der Waals surface area contributed by atoms with Crippen LogP contribution in [0.4, 0.5) is 0 Å². The topological polar surface area (TPSA) is 84.2 Å². The lowest BCUT2D eigenvalue weighted by Gasteiger charge is -2.35. The van der Waals surface area contributed by atoms with Crippen LogP contribution in [0.2, 0.25) is 0 Å². The van der Waals surface area contributed by atoms with E-state index in [2.05, 4.69) is 11.8 Å². The first-order valence-corrected chi connectivity index (χ1v) is 13.5. The van der Waals surface area contributed by atoms with Gasteiger partial charge in [0.05, 0.1) is 0 Å². The maximum atomic E-state index is 10.1. The van der Waals surface area contributed by atoms with E-state index in [9.17, 15) is 20.4 Å². The lowest BCUT2D eigenvalue weighted by molar-refractivity contribution is 0.175. The number of phenolic OH excluding ortho intramolecular Hbond substituents is 4. The van der Waals surface area contributed by atoms with Crippen molar-refractivity contribution in [2.24, 2.45) is 0 Å². The number of fused-ring (bicyclic) bond motifs is 1. The molecule has 3 rings (SSSR count). The zero-order valence-corrected chi connectivity index (χ0v) is 21.8. The molecule has 0 bridgehead atoms. The van der Waals surface area contributed by atoms with Crippen LogP contribution in [0, 0.1) is 0 Å². The average molecular weight is 510 g/mol. The number of aromatic hydroxyl groups is 4. The third-order valence-electron chi connectivity index (χ3n) is 6.63. The van der Waals surface area contributed by atoms with E-state index in [1.54, 1.807) is 18.2 Å². The van der Waals surface area contributed by atoms with Gasteiger partial charge in [-0.25, -0.2) is 0 Å². The van der Waals surface area contributed by atoms with Gasteiger partial charge in [0.25, 0.3) is 0 Å². The number of phenols is 4. The van der Waals surface area contributed by atoms with Crippen molar-refractivity contribution in [2.45, 2.75) is 70.8 Å². The second kappa shape index (κ2) is 14.6. The van der Waals surface area contributed by atoms with Gasteiger partial charge in [-0.1, -0.05) is 31.9 Å². The maximum Gasteiger partial charge on any atom is 0.160 e. The lowest BCUT2D eigenvalue weighted by Crippen LogP contribution is -2.40. The Kier molecular flexibility index (Phi) is 12.2. The summed E-state index contributed by atoms with van der Waals surface area (Å²) in [6, 6.07) is 9.19. The Hall–Kier alpha value is -1.76. The Morgan fingerprint density at radius 2 is 1.65 bits per heavy atom. The van der Waals surface area contributed by atoms with Crippen molar-refractivity contribution in [3.63, 3.8) is 0 Å². The van der Waals surface area contributed by atoms with Crippen molar-refractivity contribution in [3.8, 4) is 23.0 Å². The molecule has 0 amide bonds. The monoisotopic (exact) mass is 509 g/mol. The van der Waals surface area contributed by atoms with E-state index in [4.69, 9.17) is 0 Å². The van der Waals surface area contributed by atoms with Gasteiger partial charge in [-0.15, -0.1) is 12.4 Å². The number of rotatable bonds is 13. The number of nitrogens with zero attached hydrogens (tertiary/aromatic N) is 1. The standard InChI is InChI=1S/C27H39NO4S.ClH/c1-2-14-28(22-9-10-23-21(19-22)8-12-25(30)27(23)32)15-5-3-4-6-16-33-17-13-20-7-11-24(29)26(31)18-20;/h7-8,11-12,18,22,29-32H,2-6,9-10,13-17,19H2,1H3;1H/t22-;/m0./s1. The molecule has 7 heteroatoms. The number of aryl methyl sites for hydroxylation is 1. The van der Waals surface area contributed by atoms with Gasteiger partial charge in [0.15, 0.2) is 23.0 Å². The van der Waals surface area contributed by atoms with Gasteiger partial charge in [-0.05, 0) is 98.9 Å². The third-order valence-corrected chi connectivity index (χ3v) is 7.70. The number of unbranched alkanes of at least 4 members (excludes halogenated alkanes) is 3. The molecule has 0 radical (unpaired) electrons. The van der Waals surface area contributed by atoms with E-state index in [0.717, 1.165) is 62.1 Å².